The lowest BCUT2D eigenvalue weighted by molar-refractivity contribution is 0.294. The molecule has 8 nitrogen and oxygen atoms in total. The second kappa shape index (κ2) is 7.80. The number of ether oxygens (including phenoxy) is 1. The summed E-state index contributed by atoms with van der Waals surface area (Å²) in [6.45, 7) is 0.414. The van der Waals surface area contributed by atoms with Crippen molar-refractivity contribution >= 4 is 27.0 Å². The summed E-state index contributed by atoms with van der Waals surface area (Å²) in [5, 5.41) is 8.31. The average molecular weight is 436 g/mol. The molecule has 2 heterocycles. The van der Waals surface area contributed by atoms with Gasteiger partial charge in [0.1, 0.15) is 11.8 Å². The topological polar surface area (TPSA) is 120 Å². The van der Waals surface area contributed by atoms with E-state index >= 15 is 0 Å². The van der Waals surface area contributed by atoms with Crippen molar-refractivity contribution in [2.24, 2.45) is 11.1 Å². The van der Waals surface area contributed by atoms with Gasteiger partial charge in [-0.3, -0.25) is 0 Å². The zero-order chi connectivity index (χ0) is 21.4. The number of primary sulfonamides is 1. The molecular formula is C22H21N5O3S. The highest BCUT2D eigenvalue weighted by molar-refractivity contribution is 7.89. The van der Waals surface area contributed by atoms with Crippen LogP contribution in [0.4, 0.5) is 5.95 Å². The molecule has 0 amide bonds. The van der Waals surface area contributed by atoms with E-state index in [2.05, 4.69) is 32.1 Å². The van der Waals surface area contributed by atoms with E-state index in [1.807, 2.05) is 12.1 Å². The lowest BCUT2D eigenvalue weighted by Gasteiger charge is -2.11. The maximum absolute atomic E-state index is 11.4. The van der Waals surface area contributed by atoms with Crippen LogP contribution in [0.3, 0.4) is 0 Å². The Bertz CT molecular complexity index is 1300. The largest absolute Gasteiger partial charge is 0.473 e. The molecule has 0 unspecified atom stereocenters. The van der Waals surface area contributed by atoms with Crippen molar-refractivity contribution in [2.45, 2.75) is 43.2 Å². The molecule has 2 aliphatic rings. The minimum Gasteiger partial charge on any atom is -0.473 e. The fourth-order valence-corrected chi connectivity index (χ4v) is 3.46. The smallest absolute Gasteiger partial charge is 0.245 e. The fraction of sp³-hybridized carbons (Fsp3) is 0.318. The summed E-state index contributed by atoms with van der Waals surface area (Å²) in [5.74, 6) is 7.72. The average Bonchev–Trinajstić information content (AvgIpc) is 3.66. The molecule has 1 aromatic carbocycles. The number of nitrogens with one attached hydrogen (secondary N) is 1. The van der Waals surface area contributed by atoms with Crippen LogP contribution in [0.15, 0.2) is 41.3 Å². The molecule has 158 valence electrons. The van der Waals surface area contributed by atoms with Gasteiger partial charge in [-0.25, -0.2) is 23.5 Å². The van der Waals surface area contributed by atoms with Gasteiger partial charge in [-0.15, -0.1) is 0 Å². The van der Waals surface area contributed by atoms with Gasteiger partial charge in [0, 0.05) is 12.5 Å². The predicted octanol–water partition coefficient (Wildman–Crippen LogP) is 2.59. The molecule has 2 aliphatic carbocycles. The van der Waals surface area contributed by atoms with Gasteiger partial charge in [-0.1, -0.05) is 18.1 Å². The Hall–Kier alpha value is -3.22. The molecular weight excluding hydrogens is 414 g/mol. The van der Waals surface area contributed by atoms with E-state index < -0.39 is 10.0 Å². The number of pyridine rings is 1. The Labute approximate surface area is 180 Å². The lowest BCUT2D eigenvalue weighted by Crippen LogP contribution is -2.12. The van der Waals surface area contributed by atoms with Crippen molar-refractivity contribution < 1.29 is 13.2 Å². The quantitative estimate of drug-likeness (QED) is 0.571. The molecule has 0 aliphatic heterocycles. The molecule has 2 saturated carbocycles. The van der Waals surface area contributed by atoms with Crippen LogP contribution in [0.2, 0.25) is 0 Å². The number of anilines is 1. The third-order valence-corrected chi connectivity index (χ3v) is 5.93. The SMILES string of the molecule is NS(=O)(=O)c1ccc(CNc2nc(OC3CC3)c3nc(C#CC4CC4)ccc3n2)cc1. The maximum atomic E-state index is 11.4. The Morgan fingerprint density at radius 3 is 2.48 bits per heavy atom. The molecule has 0 bridgehead atoms. The number of fused-ring (bicyclic) bond motifs is 1. The van der Waals surface area contributed by atoms with Gasteiger partial charge in [-0.05, 0) is 61.4 Å². The second-order valence-electron chi connectivity index (χ2n) is 7.82. The summed E-state index contributed by atoms with van der Waals surface area (Å²) in [4.78, 5) is 13.8. The Morgan fingerprint density at radius 2 is 1.81 bits per heavy atom. The first-order valence-corrected chi connectivity index (χ1v) is 11.7. The summed E-state index contributed by atoms with van der Waals surface area (Å²) in [7, 11) is -3.71. The zero-order valence-corrected chi connectivity index (χ0v) is 17.5. The molecule has 2 aromatic heterocycles. The third-order valence-electron chi connectivity index (χ3n) is 5.00. The van der Waals surface area contributed by atoms with Crippen LogP contribution in [-0.2, 0) is 16.6 Å². The molecule has 9 heteroatoms. The van der Waals surface area contributed by atoms with Crippen LogP contribution in [0.5, 0.6) is 5.88 Å². The summed E-state index contributed by atoms with van der Waals surface area (Å²) in [6.07, 6.45) is 4.51. The van der Waals surface area contributed by atoms with Gasteiger partial charge in [0.2, 0.25) is 21.9 Å². The van der Waals surface area contributed by atoms with Crippen LogP contribution >= 0.6 is 0 Å². The van der Waals surface area contributed by atoms with Gasteiger partial charge >= 0.3 is 0 Å². The van der Waals surface area contributed by atoms with Crippen molar-refractivity contribution in [3.63, 3.8) is 0 Å². The standard InChI is InChI=1S/C22H21N5O3S/c23-31(28,29)18-10-4-15(5-11-18)13-24-22-26-19-12-7-16(6-3-14-1-2-14)25-20(19)21(27-22)30-17-8-9-17/h4-5,7,10-12,14,17H,1-2,8-9,13H2,(H2,23,28,29)(H,24,26,27). The summed E-state index contributed by atoms with van der Waals surface area (Å²) in [6, 6.07) is 10.1. The number of aromatic nitrogens is 3. The molecule has 0 spiro atoms. The fourth-order valence-electron chi connectivity index (χ4n) is 2.94. The van der Waals surface area contributed by atoms with Crippen LogP contribution in [0.1, 0.15) is 36.9 Å². The highest BCUT2D eigenvalue weighted by Crippen LogP contribution is 2.31. The lowest BCUT2D eigenvalue weighted by atomic mass is 10.2. The first-order valence-electron chi connectivity index (χ1n) is 10.2. The van der Waals surface area contributed by atoms with Gasteiger partial charge in [0.25, 0.3) is 0 Å². The maximum Gasteiger partial charge on any atom is 0.245 e. The van der Waals surface area contributed by atoms with Crippen LogP contribution in [-0.4, -0.2) is 29.5 Å². The van der Waals surface area contributed by atoms with Crippen molar-refractivity contribution in [3.8, 4) is 17.7 Å². The summed E-state index contributed by atoms with van der Waals surface area (Å²) >= 11 is 0. The van der Waals surface area contributed by atoms with Gasteiger partial charge < -0.3 is 10.1 Å². The second-order valence-corrected chi connectivity index (χ2v) is 9.38. The highest BCUT2D eigenvalue weighted by atomic mass is 32.2. The normalized spacial score (nSPS) is 15.9. The molecule has 2 fully saturated rings. The van der Waals surface area contributed by atoms with E-state index in [1.54, 1.807) is 12.1 Å². The number of hydrogen-bond acceptors (Lipinski definition) is 7. The molecule has 5 rings (SSSR count). The molecule has 0 saturated heterocycles. The van der Waals surface area contributed by atoms with E-state index in [9.17, 15) is 8.42 Å². The number of nitrogens with two attached hydrogens (primary N) is 1. The van der Waals surface area contributed by atoms with E-state index in [-0.39, 0.29) is 11.0 Å². The molecule has 3 N–H and O–H groups in total. The van der Waals surface area contributed by atoms with Crippen molar-refractivity contribution in [3.05, 3.63) is 47.7 Å². The van der Waals surface area contributed by atoms with Crippen molar-refractivity contribution in [1.29, 1.82) is 0 Å². The van der Waals surface area contributed by atoms with Crippen molar-refractivity contribution in [1.82, 2.24) is 15.0 Å². The Balaban J connectivity index is 1.39. The Morgan fingerprint density at radius 1 is 1.03 bits per heavy atom. The molecule has 3 aromatic rings. The van der Waals surface area contributed by atoms with Gasteiger partial charge in [0.15, 0.2) is 5.52 Å². The first kappa shape index (κ1) is 19.7. The summed E-state index contributed by atoms with van der Waals surface area (Å²) < 4.78 is 28.8. The first-order chi connectivity index (χ1) is 14.9. The minimum atomic E-state index is -3.71. The van der Waals surface area contributed by atoms with Gasteiger partial charge in [0.05, 0.1) is 10.4 Å². The number of hydrogen-bond donors (Lipinski definition) is 2. The van der Waals surface area contributed by atoms with Crippen LogP contribution in [0.25, 0.3) is 11.0 Å². The monoisotopic (exact) mass is 435 g/mol. The minimum absolute atomic E-state index is 0.0741. The number of nitrogens with zero attached hydrogens (tertiary/aromatic N) is 3. The molecule has 31 heavy (non-hydrogen) atoms. The third kappa shape index (κ3) is 4.93. The van der Waals surface area contributed by atoms with Gasteiger partial charge in [-0.2, -0.15) is 4.98 Å². The number of rotatable bonds is 6. The van der Waals surface area contributed by atoms with Crippen LogP contribution < -0.4 is 15.2 Å². The number of sulfonamides is 1. The summed E-state index contributed by atoms with van der Waals surface area (Å²) in [5.41, 5.74) is 2.84. The molecule has 0 radical (unpaired) electrons. The van der Waals surface area contributed by atoms with E-state index in [1.165, 1.54) is 25.0 Å². The Kier molecular flexibility index (Phi) is 4.96. The van der Waals surface area contributed by atoms with Crippen LogP contribution in [0, 0.1) is 17.8 Å². The van der Waals surface area contributed by atoms with E-state index in [0.29, 0.717) is 41.0 Å². The van der Waals surface area contributed by atoms with E-state index in [4.69, 9.17) is 9.88 Å². The number of benzene rings is 1. The zero-order valence-electron chi connectivity index (χ0n) is 16.7. The highest BCUT2D eigenvalue weighted by Gasteiger charge is 2.26. The molecule has 0 atom stereocenters. The predicted molar refractivity (Wildman–Crippen MR) is 116 cm³/mol. The van der Waals surface area contributed by atoms with E-state index in [0.717, 1.165) is 18.4 Å². The van der Waals surface area contributed by atoms with Crippen molar-refractivity contribution in [2.75, 3.05) is 5.32 Å².